The van der Waals surface area contributed by atoms with Crippen molar-refractivity contribution >= 4 is 23.1 Å². The maximum atomic E-state index is 5.86. The van der Waals surface area contributed by atoms with Gasteiger partial charge < -0.3 is 15.8 Å². The largest absolute Gasteiger partial charge is 0.491 e. The summed E-state index contributed by atoms with van der Waals surface area (Å²) in [7, 11) is 0. The molecule has 1 rings (SSSR count). The summed E-state index contributed by atoms with van der Waals surface area (Å²) in [4.78, 5) is 0. The second kappa shape index (κ2) is 8.75. The van der Waals surface area contributed by atoms with E-state index in [2.05, 4.69) is 18.8 Å². The highest BCUT2D eigenvalue weighted by atomic mass is 32.2. The van der Waals surface area contributed by atoms with Crippen molar-refractivity contribution in [2.45, 2.75) is 13.3 Å². The summed E-state index contributed by atoms with van der Waals surface area (Å²) in [6.45, 7) is 7.40. The third-order valence-corrected chi connectivity index (χ3v) is 3.25. The number of nitrogens with two attached hydrogens (primary N) is 1. The van der Waals surface area contributed by atoms with Crippen molar-refractivity contribution in [3.05, 3.63) is 30.9 Å². The average Bonchev–Trinajstić information content (AvgIpc) is 2.39. The quantitative estimate of drug-likeness (QED) is 0.408. The molecule has 0 heterocycles. The van der Waals surface area contributed by atoms with Crippen LogP contribution in [0.15, 0.2) is 30.9 Å². The molecule has 1 aromatic carbocycles. The molecule has 100 valence electrons. The lowest BCUT2D eigenvalue weighted by atomic mass is 10.2. The Hall–Kier alpha value is -1.29. The van der Waals surface area contributed by atoms with E-state index < -0.39 is 0 Å². The normalized spacial score (nSPS) is 10.1. The first-order valence-electron chi connectivity index (χ1n) is 6.22. The SMILES string of the molecule is C=CCSCCNc1ccc(N)c(OCCC)c1. The Morgan fingerprint density at radius 2 is 2.33 bits per heavy atom. The molecule has 0 radical (unpaired) electrons. The van der Waals surface area contributed by atoms with Crippen molar-refractivity contribution in [2.75, 3.05) is 35.7 Å². The van der Waals surface area contributed by atoms with Crippen molar-refractivity contribution in [2.24, 2.45) is 0 Å². The van der Waals surface area contributed by atoms with Crippen LogP contribution in [0.3, 0.4) is 0 Å². The maximum Gasteiger partial charge on any atom is 0.144 e. The lowest BCUT2D eigenvalue weighted by Crippen LogP contribution is -2.05. The molecule has 4 heteroatoms. The molecule has 3 N–H and O–H groups in total. The summed E-state index contributed by atoms with van der Waals surface area (Å²) >= 11 is 1.86. The van der Waals surface area contributed by atoms with Crippen LogP contribution in [0.4, 0.5) is 11.4 Å². The first-order chi connectivity index (χ1) is 8.77. The van der Waals surface area contributed by atoms with E-state index in [0.717, 1.165) is 35.9 Å². The lowest BCUT2D eigenvalue weighted by molar-refractivity contribution is 0.319. The van der Waals surface area contributed by atoms with Crippen molar-refractivity contribution in [3.8, 4) is 5.75 Å². The predicted molar refractivity (Wildman–Crippen MR) is 82.7 cm³/mol. The zero-order valence-electron chi connectivity index (χ0n) is 10.9. The highest BCUT2D eigenvalue weighted by molar-refractivity contribution is 7.99. The molecule has 0 unspecified atom stereocenters. The molecule has 0 aliphatic heterocycles. The zero-order valence-corrected chi connectivity index (χ0v) is 11.8. The topological polar surface area (TPSA) is 47.3 Å². The second-order valence-corrected chi connectivity index (χ2v) is 5.04. The van der Waals surface area contributed by atoms with Gasteiger partial charge in [-0.15, -0.1) is 6.58 Å². The number of hydrogen-bond acceptors (Lipinski definition) is 4. The van der Waals surface area contributed by atoms with Crippen LogP contribution in [0.1, 0.15) is 13.3 Å². The second-order valence-electron chi connectivity index (χ2n) is 3.89. The van der Waals surface area contributed by atoms with Crippen LogP contribution in [0.2, 0.25) is 0 Å². The van der Waals surface area contributed by atoms with E-state index in [0.29, 0.717) is 12.3 Å². The monoisotopic (exact) mass is 266 g/mol. The minimum Gasteiger partial charge on any atom is -0.491 e. The highest BCUT2D eigenvalue weighted by Crippen LogP contribution is 2.25. The van der Waals surface area contributed by atoms with E-state index in [4.69, 9.17) is 10.5 Å². The maximum absolute atomic E-state index is 5.86. The predicted octanol–water partition coefficient (Wildman–Crippen LogP) is 3.39. The summed E-state index contributed by atoms with van der Waals surface area (Å²) in [5.41, 5.74) is 7.60. The third-order valence-electron chi connectivity index (χ3n) is 2.29. The molecule has 0 saturated heterocycles. The molecule has 0 aromatic heterocycles. The van der Waals surface area contributed by atoms with Crippen molar-refractivity contribution in [1.29, 1.82) is 0 Å². The van der Waals surface area contributed by atoms with E-state index in [1.807, 2.05) is 36.0 Å². The summed E-state index contributed by atoms with van der Waals surface area (Å²) in [5.74, 6) is 2.82. The number of rotatable bonds is 9. The van der Waals surface area contributed by atoms with Gasteiger partial charge in [0.15, 0.2) is 0 Å². The zero-order chi connectivity index (χ0) is 13.2. The fourth-order valence-electron chi connectivity index (χ4n) is 1.42. The Bertz CT molecular complexity index is 369. The molecule has 1 aromatic rings. The van der Waals surface area contributed by atoms with Crippen LogP contribution in [0.25, 0.3) is 0 Å². The lowest BCUT2D eigenvalue weighted by Gasteiger charge is -2.11. The molecular formula is C14H22N2OS. The molecule has 0 fully saturated rings. The Morgan fingerprint density at radius 3 is 3.06 bits per heavy atom. The van der Waals surface area contributed by atoms with Gasteiger partial charge in [-0.25, -0.2) is 0 Å². The van der Waals surface area contributed by atoms with Crippen molar-refractivity contribution < 1.29 is 4.74 Å². The molecule has 0 saturated carbocycles. The van der Waals surface area contributed by atoms with Gasteiger partial charge in [-0.2, -0.15) is 11.8 Å². The van der Waals surface area contributed by atoms with Crippen LogP contribution in [0.5, 0.6) is 5.75 Å². The van der Waals surface area contributed by atoms with Gasteiger partial charge in [0.1, 0.15) is 5.75 Å². The van der Waals surface area contributed by atoms with Gasteiger partial charge in [-0.05, 0) is 18.6 Å². The van der Waals surface area contributed by atoms with Gasteiger partial charge >= 0.3 is 0 Å². The number of anilines is 2. The fraction of sp³-hybridized carbons (Fsp3) is 0.429. The molecule has 0 aliphatic rings. The molecule has 0 aliphatic carbocycles. The van der Waals surface area contributed by atoms with Gasteiger partial charge in [0.2, 0.25) is 0 Å². The van der Waals surface area contributed by atoms with Crippen LogP contribution in [-0.4, -0.2) is 24.7 Å². The van der Waals surface area contributed by atoms with Gasteiger partial charge in [-0.3, -0.25) is 0 Å². The first kappa shape index (κ1) is 14.8. The molecule has 0 bridgehead atoms. The van der Waals surface area contributed by atoms with E-state index in [1.165, 1.54) is 0 Å². The van der Waals surface area contributed by atoms with E-state index in [9.17, 15) is 0 Å². The van der Waals surface area contributed by atoms with Crippen molar-refractivity contribution in [3.63, 3.8) is 0 Å². The number of thioether (sulfide) groups is 1. The van der Waals surface area contributed by atoms with E-state index >= 15 is 0 Å². The van der Waals surface area contributed by atoms with Crippen LogP contribution in [0, 0.1) is 0 Å². The summed E-state index contributed by atoms with van der Waals surface area (Å²) < 4.78 is 5.59. The molecular weight excluding hydrogens is 244 g/mol. The number of nitrogen functional groups attached to an aromatic ring is 1. The highest BCUT2D eigenvalue weighted by Gasteiger charge is 2.01. The summed E-state index contributed by atoms with van der Waals surface area (Å²) in [6.07, 6.45) is 2.90. The third kappa shape index (κ3) is 5.36. The number of benzene rings is 1. The van der Waals surface area contributed by atoms with Gasteiger partial charge in [-0.1, -0.05) is 13.0 Å². The molecule has 18 heavy (non-hydrogen) atoms. The molecule has 0 spiro atoms. The molecule has 3 nitrogen and oxygen atoms in total. The van der Waals surface area contributed by atoms with Crippen LogP contribution < -0.4 is 15.8 Å². The van der Waals surface area contributed by atoms with Gasteiger partial charge in [0.25, 0.3) is 0 Å². The average molecular weight is 266 g/mol. The minimum atomic E-state index is 0.690. The number of nitrogens with one attached hydrogen (secondary N) is 1. The first-order valence-corrected chi connectivity index (χ1v) is 7.38. The smallest absolute Gasteiger partial charge is 0.144 e. The van der Waals surface area contributed by atoms with Crippen molar-refractivity contribution in [1.82, 2.24) is 0 Å². The summed E-state index contributed by atoms with van der Waals surface area (Å²) in [5, 5.41) is 3.36. The Balaban J connectivity index is 2.43. The van der Waals surface area contributed by atoms with Crippen LogP contribution in [-0.2, 0) is 0 Å². The minimum absolute atomic E-state index is 0.690. The number of ether oxygens (including phenoxy) is 1. The summed E-state index contributed by atoms with van der Waals surface area (Å²) in [6, 6.07) is 5.82. The Kier molecular flexibility index (Phi) is 7.18. The standard InChI is InChI=1S/C14H22N2OS/c1-3-8-17-14-11-12(5-6-13(14)15)16-7-10-18-9-4-2/h4-6,11,16H,2-3,7-10,15H2,1H3. The van der Waals surface area contributed by atoms with Gasteiger partial charge in [0, 0.05) is 29.8 Å². The Labute approximate surface area is 114 Å². The number of hydrogen-bond donors (Lipinski definition) is 2. The molecule has 0 amide bonds. The van der Waals surface area contributed by atoms with E-state index in [1.54, 1.807) is 0 Å². The molecule has 0 atom stereocenters. The fourth-order valence-corrected chi connectivity index (χ4v) is 2.00. The van der Waals surface area contributed by atoms with E-state index in [-0.39, 0.29) is 0 Å². The van der Waals surface area contributed by atoms with Crippen LogP contribution >= 0.6 is 11.8 Å². The Morgan fingerprint density at radius 1 is 1.50 bits per heavy atom. The van der Waals surface area contributed by atoms with Gasteiger partial charge in [0.05, 0.1) is 12.3 Å².